The highest BCUT2D eigenvalue weighted by Gasteiger charge is 2.27. The summed E-state index contributed by atoms with van der Waals surface area (Å²) < 4.78 is 5.34. The molecule has 0 aliphatic carbocycles. The SMILES string of the molecule is Nc1ccc2c(c1)OCC(=O)N2CC(=O)Nc1ccccc1. The van der Waals surface area contributed by atoms with E-state index >= 15 is 0 Å². The van der Waals surface area contributed by atoms with Crippen molar-refractivity contribution >= 4 is 28.9 Å². The van der Waals surface area contributed by atoms with Gasteiger partial charge in [-0.05, 0) is 24.3 Å². The van der Waals surface area contributed by atoms with Crippen molar-refractivity contribution in [2.24, 2.45) is 0 Å². The summed E-state index contributed by atoms with van der Waals surface area (Å²) in [5.41, 5.74) is 7.48. The third kappa shape index (κ3) is 2.85. The lowest BCUT2D eigenvalue weighted by Gasteiger charge is -2.29. The maximum absolute atomic E-state index is 12.1. The topological polar surface area (TPSA) is 84.7 Å². The average Bonchev–Trinajstić information content (AvgIpc) is 2.51. The molecular formula is C16H15N3O3. The molecule has 22 heavy (non-hydrogen) atoms. The lowest BCUT2D eigenvalue weighted by Crippen LogP contribution is -2.43. The second-order valence-electron chi connectivity index (χ2n) is 4.91. The van der Waals surface area contributed by atoms with Crippen molar-refractivity contribution in [3.05, 3.63) is 48.5 Å². The number of amides is 2. The number of carbonyl (C=O) groups is 2. The molecule has 0 bridgehead atoms. The third-order valence-corrected chi connectivity index (χ3v) is 3.29. The smallest absolute Gasteiger partial charge is 0.265 e. The van der Waals surface area contributed by atoms with Gasteiger partial charge in [-0.25, -0.2) is 0 Å². The highest BCUT2D eigenvalue weighted by Crippen LogP contribution is 2.33. The van der Waals surface area contributed by atoms with Gasteiger partial charge in [0.15, 0.2) is 6.61 Å². The summed E-state index contributed by atoms with van der Waals surface area (Å²) in [4.78, 5) is 25.6. The second-order valence-corrected chi connectivity index (χ2v) is 4.91. The Kier molecular flexibility index (Phi) is 3.65. The van der Waals surface area contributed by atoms with Crippen molar-refractivity contribution in [1.29, 1.82) is 0 Å². The van der Waals surface area contributed by atoms with Crippen molar-refractivity contribution in [2.75, 3.05) is 29.1 Å². The van der Waals surface area contributed by atoms with Gasteiger partial charge in [0.2, 0.25) is 5.91 Å². The van der Waals surface area contributed by atoms with E-state index in [2.05, 4.69) is 5.32 Å². The Labute approximate surface area is 127 Å². The lowest BCUT2D eigenvalue weighted by atomic mass is 10.2. The predicted octanol–water partition coefficient (Wildman–Crippen LogP) is 1.63. The Bertz CT molecular complexity index is 716. The molecule has 0 radical (unpaired) electrons. The zero-order valence-corrected chi connectivity index (χ0v) is 11.8. The standard InChI is InChI=1S/C16H15N3O3/c17-11-6-7-13-14(8-11)22-10-16(21)19(13)9-15(20)18-12-4-2-1-3-5-12/h1-8H,9-10,17H2,(H,18,20). The van der Waals surface area contributed by atoms with E-state index < -0.39 is 0 Å². The van der Waals surface area contributed by atoms with Crippen molar-refractivity contribution in [1.82, 2.24) is 0 Å². The van der Waals surface area contributed by atoms with Gasteiger partial charge in [0.05, 0.1) is 5.69 Å². The summed E-state index contributed by atoms with van der Waals surface area (Å²) in [5, 5.41) is 2.75. The molecule has 2 aromatic carbocycles. The summed E-state index contributed by atoms with van der Waals surface area (Å²) in [7, 11) is 0. The summed E-state index contributed by atoms with van der Waals surface area (Å²) in [5.74, 6) is -0.0307. The fraction of sp³-hybridized carbons (Fsp3) is 0.125. The molecule has 0 saturated heterocycles. The molecule has 0 unspecified atom stereocenters. The first-order valence-electron chi connectivity index (χ1n) is 6.81. The van der Waals surface area contributed by atoms with Crippen LogP contribution in [0.5, 0.6) is 5.75 Å². The number of nitrogens with one attached hydrogen (secondary N) is 1. The molecule has 0 fully saturated rings. The third-order valence-electron chi connectivity index (χ3n) is 3.29. The normalized spacial score (nSPS) is 13.3. The summed E-state index contributed by atoms with van der Waals surface area (Å²) >= 11 is 0. The van der Waals surface area contributed by atoms with E-state index in [1.54, 1.807) is 30.3 Å². The molecule has 0 atom stereocenters. The number of nitrogens with two attached hydrogens (primary N) is 1. The number of para-hydroxylation sites is 1. The monoisotopic (exact) mass is 297 g/mol. The number of nitrogens with zero attached hydrogens (tertiary/aromatic N) is 1. The Morgan fingerprint density at radius 3 is 2.77 bits per heavy atom. The van der Waals surface area contributed by atoms with Crippen LogP contribution in [-0.4, -0.2) is 25.0 Å². The molecular weight excluding hydrogens is 282 g/mol. The van der Waals surface area contributed by atoms with Crippen molar-refractivity contribution in [3.8, 4) is 5.75 Å². The number of fused-ring (bicyclic) bond motifs is 1. The minimum absolute atomic E-state index is 0.0754. The molecule has 1 aliphatic heterocycles. The van der Waals surface area contributed by atoms with Gasteiger partial charge < -0.3 is 15.8 Å². The van der Waals surface area contributed by atoms with Crippen LogP contribution in [0.4, 0.5) is 17.1 Å². The van der Waals surface area contributed by atoms with Crippen LogP contribution in [0, 0.1) is 0 Å². The molecule has 6 nitrogen and oxygen atoms in total. The van der Waals surface area contributed by atoms with Gasteiger partial charge in [-0.3, -0.25) is 14.5 Å². The maximum atomic E-state index is 12.1. The van der Waals surface area contributed by atoms with E-state index in [0.717, 1.165) is 0 Å². The summed E-state index contributed by atoms with van der Waals surface area (Å²) in [6.07, 6.45) is 0. The molecule has 0 saturated carbocycles. The summed E-state index contributed by atoms with van der Waals surface area (Å²) in [6, 6.07) is 14.1. The van der Waals surface area contributed by atoms with Gasteiger partial charge in [0.1, 0.15) is 12.3 Å². The maximum Gasteiger partial charge on any atom is 0.265 e. The molecule has 1 heterocycles. The number of rotatable bonds is 3. The Morgan fingerprint density at radius 2 is 2.00 bits per heavy atom. The molecule has 1 aliphatic rings. The van der Waals surface area contributed by atoms with E-state index in [1.807, 2.05) is 18.2 Å². The number of ether oxygens (including phenoxy) is 1. The largest absolute Gasteiger partial charge is 0.481 e. The first-order valence-corrected chi connectivity index (χ1v) is 6.81. The molecule has 112 valence electrons. The molecule has 6 heteroatoms. The Hall–Kier alpha value is -3.02. The number of carbonyl (C=O) groups excluding carboxylic acids is 2. The van der Waals surface area contributed by atoms with Crippen molar-refractivity contribution in [2.45, 2.75) is 0 Å². The minimum atomic E-state index is -0.274. The average molecular weight is 297 g/mol. The first-order chi connectivity index (χ1) is 10.6. The molecule has 2 aromatic rings. The molecule has 3 rings (SSSR count). The zero-order valence-electron chi connectivity index (χ0n) is 11.8. The van der Waals surface area contributed by atoms with E-state index in [-0.39, 0.29) is 25.0 Å². The van der Waals surface area contributed by atoms with Gasteiger partial charge in [-0.2, -0.15) is 0 Å². The van der Waals surface area contributed by atoms with Crippen LogP contribution in [0.15, 0.2) is 48.5 Å². The first kappa shape index (κ1) is 13.9. The van der Waals surface area contributed by atoms with Gasteiger partial charge in [0, 0.05) is 17.4 Å². The number of anilines is 3. The minimum Gasteiger partial charge on any atom is -0.481 e. The number of benzene rings is 2. The van der Waals surface area contributed by atoms with Gasteiger partial charge in [-0.1, -0.05) is 18.2 Å². The van der Waals surface area contributed by atoms with E-state index in [4.69, 9.17) is 10.5 Å². The number of nitrogen functional groups attached to an aromatic ring is 1. The second kappa shape index (κ2) is 5.77. The van der Waals surface area contributed by atoms with Gasteiger partial charge in [0.25, 0.3) is 5.91 Å². The molecule has 2 amide bonds. The van der Waals surface area contributed by atoms with E-state index in [1.165, 1.54) is 4.90 Å². The van der Waals surface area contributed by atoms with Crippen molar-refractivity contribution in [3.63, 3.8) is 0 Å². The van der Waals surface area contributed by atoms with E-state index in [0.29, 0.717) is 22.8 Å². The molecule has 0 aromatic heterocycles. The fourth-order valence-corrected chi connectivity index (χ4v) is 2.26. The van der Waals surface area contributed by atoms with Crippen LogP contribution in [0.2, 0.25) is 0 Å². The highest BCUT2D eigenvalue weighted by molar-refractivity contribution is 6.05. The number of hydrogen-bond donors (Lipinski definition) is 2. The molecule has 0 spiro atoms. The predicted molar refractivity (Wildman–Crippen MR) is 83.8 cm³/mol. The van der Waals surface area contributed by atoms with Crippen LogP contribution in [0.3, 0.4) is 0 Å². The Morgan fingerprint density at radius 1 is 1.23 bits per heavy atom. The lowest BCUT2D eigenvalue weighted by molar-refractivity contribution is -0.123. The Balaban J connectivity index is 1.77. The van der Waals surface area contributed by atoms with Gasteiger partial charge >= 0.3 is 0 Å². The van der Waals surface area contributed by atoms with E-state index in [9.17, 15) is 9.59 Å². The van der Waals surface area contributed by atoms with Crippen LogP contribution < -0.4 is 20.7 Å². The number of hydrogen-bond acceptors (Lipinski definition) is 4. The van der Waals surface area contributed by atoms with Crippen LogP contribution in [0.25, 0.3) is 0 Å². The van der Waals surface area contributed by atoms with Crippen LogP contribution >= 0.6 is 0 Å². The quantitative estimate of drug-likeness (QED) is 0.843. The molecule has 3 N–H and O–H groups in total. The fourth-order valence-electron chi connectivity index (χ4n) is 2.26. The van der Waals surface area contributed by atoms with Crippen LogP contribution in [0.1, 0.15) is 0 Å². The van der Waals surface area contributed by atoms with Crippen molar-refractivity contribution < 1.29 is 14.3 Å². The highest BCUT2D eigenvalue weighted by atomic mass is 16.5. The zero-order chi connectivity index (χ0) is 15.5. The van der Waals surface area contributed by atoms with Gasteiger partial charge in [-0.15, -0.1) is 0 Å². The summed E-state index contributed by atoms with van der Waals surface area (Å²) in [6.45, 7) is -0.178. The van der Waals surface area contributed by atoms with Crippen LogP contribution in [-0.2, 0) is 9.59 Å².